The van der Waals surface area contributed by atoms with Crippen LogP contribution in [0.15, 0.2) is 18.2 Å². The Morgan fingerprint density at radius 1 is 1.13 bits per heavy atom. The Labute approximate surface area is 186 Å². The number of ether oxygens (including phenoxy) is 1. The maximum Gasteiger partial charge on any atom is 0.227 e. The summed E-state index contributed by atoms with van der Waals surface area (Å²) in [6.45, 7) is 4.74. The van der Waals surface area contributed by atoms with Gasteiger partial charge in [-0.05, 0) is 50.6 Å². The van der Waals surface area contributed by atoms with Crippen LogP contribution in [0.25, 0.3) is 10.2 Å². The molecule has 0 radical (unpaired) electrons. The Morgan fingerprint density at radius 2 is 1.90 bits per heavy atom. The normalized spacial score (nSPS) is 25.2. The number of amides is 1. The molecule has 3 saturated heterocycles. The van der Waals surface area contributed by atoms with E-state index in [9.17, 15) is 13.2 Å². The Kier molecular flexibility index (Phi) is 5.89. The van der Waals surface area contributed by atoms with E-state index in [0.717, 1.165) is 79.7 Å². The average Bonchev–Trinajstić information content (AvgIpc) is 3.37. The molecular formula is C21H28N4O4S2. The fraction of sp³-hybridized carbons (Fsp3) is 0.619. The molecule has 3 aliphatic rings. The Hall–Kier alpha value is -1.75. The predicted molar refractivity (Wildman–Crippen MR) is 123 cm³/mol. The lowest BCUT2D eigenvalue weighted by atomic mass is 9.94. The van der Waals surface area contributed by atoms with Gasteiger partial charge in [0.15, 0.2) is 15.0 Å². The minimum absolute atomic E-state index is 0.0321. The molecule has 8 nitrogen and oxygen atoms in total. The molecule has 3 aliphatic heterocycles. The minimum atomic E-state index is -2.87. The number of morpholine rings is 1. The Balaban J connectivity index is 1.18. The molecule has 3 fully saturated rings. The van der Waals surface area contributed by atoms with Crippen molar-refractivity contribution in [2.45, 2.75) is 25.3 Å². The van der Waals surface area contributed by atoms with Gasteiger partial charge in [0.05, 0.1) is 34.9 Å². The summed E-state index contributed by atoms with van der Waals surface area (Å²) in [5.74, 6) is 0.586. The predicted octanol–water partition coefficient (Wildman–Crippen LogP) is 1.97. The molecule has 1 amide bonds. The highest BCUT2D eigenvalue weighted by molar-refractivity contribution is 7.91. The van der Waals surface area contributed by atoms with Crippen LogP contribution in [0.5, 0.6) is 0 Å². The number of nitrogens with one attached hydrogen (secondary N) is 1. The van der Waals surface area contributed by atoms with E-state index in [4.69, 9.17) is 9.72 Å². The molecule has 5 rings (SSSR count). The van der Waals surface area contributed by atoms with Crippen molar-refractivity contribution in [3.8, 4) is 0 Å². The van der Waals surface area contributed by atoms with Crippen molar-refractivity contribution < 1.29 is 17.9 Å². The van der Waals surface area contributed by atoms with E-state index in [1.807, 2.05) is 18.2 Å². The van der Waals surface area contributed by atoms with Gasteiger partial charge in [-0.15, -0.1) is 0 Å². The van der Waals surface area contributed by atoms with E-state index in [2.05, 4.69) is 15.1 Å². The van der Waals surface area contributed by atoms with E-state index in [-0.39, 0.29) is 23.6 Å². The number of piperidine rings is 1. The summed E-state index contributed by atoms with van der Waals surface area (Å²) in [5, 5.41) is 4.08. The van der Waals surface area contributed by atoms with Crippen LogP contribution in [0.3, 0.4) is 0 Å². The van der Waals surface area contributed by atoms with Gasteiger partial charge in [0.1, 0.15) is 0 Å². The van der Waals surface area contributed by atoms with Crippen LogP contribution in [0, 0.1) is 5.92 Å². The lowest BCUT2D eigenvalue weighted by Crippen LogP contribution is -2.44. The van der Waals surface area contributed by atoms with Gasteiger partial charge in [0.2, 0.25) is 5.91 Å². The number of fused-ring (bicyclic) bond motifs is 1. The zero-order valence-electron chi connectivity index (χ0n) is 17.5. The number of likely N-dealkylation sites (tertiary alicyclic amines) is 1. The first-order valence-electron chi connectivity index (χ1n) is 11.0. The lowest BCUT2D eigenvalue weighted by molar-refractivity contribution is -0.121. The number of benzene rings is 1. The number of hydrogen-bond acceptors (Lipinski definition) is 8. The average molecular weight is 465 g/mol. The summed E-state index contributed by atoms with van der Waals surface area (Å²) >= 11 is 1.65. The highest BCUT2D eigenvalue weighted by atomic mass is 32.2. The van der Waals surface area contributed by atoms with E-state index in [1.54, 1.807) is 11.3 Å². The fourth-order valence-electron chi connectivity index (χ4n) is 4.71. The standard InChI is InChI=1S/C21H28N4O4S2/c26-20(15-3-6-24(7-4-15)17-5-12-31(27,28)14-17)22-16-1-2-18-19(13-16)30-21(23-18)25-8-10-29-11-9-25/h1-2,13,15,17H,3-12,14H2,(H,22,26). The summed E-state index contributed by atoms with van der Waals surface area (Å²) in [5.41, 5.74) is 1.75. The smallest absolute Gasteiger partial charge is 0.227 e. The monoisotopic (exact) mass is 464 g/mol. The van der Waals surface area contributed by atoms with Crippen molar-refractivity contribution >= 4 is 48.1 Å². The molecule has 2 aromatic rings. The van der Waals surface area contributed by atoms with Crippen molar-refractivity contribution in [3.63, 3.8) is 0 Å². The Morgan fingerprint density at radius 3 is 2.61 bits per heavy atom. The Bertz CT molecular complexity index is 1060. The summed E-state index contributed by atoms with van der Waals surface area (Å²) in [6.07, 6.45) is 2.26. The quantitative estimate of drug-likeness (QED) is 0.740. The summed E-state index contributed by atoms with van der Waals surface area (Å²) < 4.78 is 30.0. The lowest BCUT2D eigenvalue weighted by Gasteiger charge is -2.34. The molecule has 1 aromatic heterocycles. The molecule has 4 heterocycles. The van der Waals surface area contributed by atoms with Gasteiger partial charge in [0, 0.05) is 30.7 Å². The first kappa shape index (κ1) is 21.1. The number of hydrogen-bond donors (Lipinski definition) is 1. The van der Waals surface area contributed by atoms with Gasteiger partial charge >= 0.3 is 0 Å². The zero-order valence-corrected chi connectivity index (χ0v) is 19.1. The van der Waals surface area contributed by atoms with Crippen LogP contribution in [-0.4, -0.2) is 81.1 Å². The molecule has 10 heteroatoms. The second-order valence-electron chi connectivity index (χ2n) is 8.63. The third-order valence-electron chi connectivity index (χ3n) is 6.55. The van der Waals surface area contributed by atoms with E-state index in [0.29, 0.717) is 5.75 Å². The second-order valence-corrected chi connectivity index (χ2v) is 11.9. The van der Waals surface area contributed by atoms with Crippen molar-refractivity contribution in [1.29, 1.82) is 0 Å². The summed E-state index contributed by atoms with van der Waals surface area (Å²) in [7, 11) is -2.87. The van der Waals surface area contributed by atoms with Gasteiger partial charge in [-0.2, -0.15) is 0 Å². The van der Waals surface area contributed by atoms with Crippen LogP contribution >= 0.6 is 11.3 Å². The van der Waals surface area contributed by atoms with Crippen molar-refractivity contribution in [2.24, 2.45) is 5.92 Å². The summed E-state index contributed by atoms with van der Waals surface area (Å²) in [4.78, 5) is 22.1. The number of nitrogens with zero attached hydrogens (tertiary/aromatic N) is 3. The SMILES string of the molecule is O=C(Nc1ccc2nc(N3CCOCC3)sc2c1)C1CCN(C2CCS(=O)(=O)C2)CC1. The van der Waals surface area contributed by atoms with E-state index in [1.165, 1.54) is 0 Å². The van der Waals surface area contributed by atoms with Crippen LogP contribution < -0.4 is 10.2 Å². The first-order chi connectivity index (χ1) is 15.0. The molecule has 0 bridgehead atoms. The maximum absolute atomic E-state index is 12.8. The number of carbonyl (C=O) groups excluding carboxylic acids is 1. The molecule has 31 heavy (non-hydrogen) atoms. The number of rotatable bonds is 4. The van der Waals surface area contributed by atoms with E-state index < -0.39 is 9.84 Å². The molecule has 0 spiro atoms. The van der Waals surface area contributed by atoms with Crippen molar-refractivity contribution in [3.05, 3.63) is 18.2 Å². The van der Waals surface area contributed by atoms with E-state index >= 15 is 0 Å². The highest BCUT2D eigenvalue weighted by Crippen LogP contribution is 2.32. The maximum atomic E-state index is 12.8. The topological polar surface area (TPSA) is 91.8 Å². The molecule has 168 valence electrons. The van der Waals surface area contributed by atoms with Gasteiger partial charge < -0.3 is 15.0 Å². The fourth-order valence-corrected chi connectivity index (χ4v) is 7.53. The van der Waals surface area contributed by atoms with Gasteiger partial charge in [0.25, 0.3) is 0 Å². The van der Waals surface area contributed by atoms with Crippen LogP contribution in [0.4, 0.5) is 10.8 Å². The number of thiazole rings is 1. The van der Waals surface area contributed by atoms with Gasteiger partial charge in [-0.25, -0.2) is 13.4 Å². The molecule has 1 aromatic carbocycles. The number of sulfone groups is 1. The highest BCUT2D eigenvalue weighted by Gasteiger charge is 2.35. The largest absolute Gasteiger partial charge is 0.378 e. The number of aromatic nitrogens is 1. The van der Waals surface area contributed by atoms with Crippen molar-refractivity contribution in [1.82, 2.24) is 9.88 Å². The first-order valence-corrected chi connectivity index (χ1v) is 13.6. The molecule has 1 N–H and O–H groups in total. The van der Waals surface area contributed by atoms with Gasteiger partial charge in [-0.3, -0.25) is 9.69 Å². The second kappa shape index (κ2) is 8.65. The molecule has 0 aliphatic carbocycles. The van der Waals surface area contributed by atoms with Crippen molar-refractivity contribution in [2.75, 3.05) is 61.1 Å². The number of carbonyl (C=O) groups is 1. The molecule has 0 saturated carbocycles. The molecular weight excluding hydrogens is 436 g/mol. The zero-order chi connectivity index (χ0) is 21.4. The third kappa shape index (κ3) is 4.72. The molecule has 1 unspecified atom stereocenters. The number of anilines is 2. The van der Waals surface area contributed by atoms with Crippen LogP contribution in [0.2, 0.25) is 0 Å². The van der Waals surface area contributed by atoms with Crippen LogP contribution in [-0.2, 0) is 19.4 Å². The van der Waals surface area contributed by atoms with Gasteiger partial charge in [-0.1, -0.05) is 11.3 Å². The third-order valence-corrected chi connectivity index (χ3v) is 9.38. The molecule has 1 atom stereocenters. The minimum Gasteiger partial charge on any atom is -0.378 e. The van der Waals surface area contributed by atoms with Crippen LogP contribution in [0.1, 0.15) is 19.3 Å². The summed E-state index contributed by atoms with van der Waals surface area (Å²) in [6, 6.07) is 6.02.